The van der Waals surface area contributed by atoms with Crippen LogP contribution in [0.15, 0.2) is 18.2 Å². The number of hydrogen-bond acceptors (Lipinski definition) is 6. The molecule has 178 valence electrons. The molecule has 0 unspecified atom stereocenters. The molecular weight excluding hydrogens is 424 g/mol. The molecule has 2 aliphatic rings. The first-order chi connectivity index (χ1) is 15.6. The molecule has 2 saturated heterocycles. The van der Waals surface area contributed by atoms with Crippen molar-refractivity contribution in [2.75, 3.05) is 36.0 Å². The van der Waals surface area contributed by atoms with Gasteiger partial charge in [0.05, 0.1) is 5.52 Å². The van der Waals surface area contributed by atoms with Crippen molar-refractivity contribution in [1.29, 1.82) is 0 Å². The largest absolute Gasteiger partial charge is 0.444 e. The number of ether oxygens (including phenoxy) is 1. The molecule has 3 heterocycles. The molecule has 2 aliphatic heterocycles. The Balaban J connectivity index is 1.39. The second kappa shape index (κ2) is 8.92. The van der Waals surface area contributed by atoms with Gasteiger partial charge >= 0.3 is 12.1 Å². The molecule has 33 heavy (non-hydrogen) atoms. The summed E-state index contributed by atoms with van der Waals surface area (Å²) in [7, 11) is 1.86. The van der Waals surface area contributed by atoms with Crippen molar-refractivity contribution >= 4 is 40.4 Å². The minimum Gasteiger partial charge on any atom is -0.444 e. The standard InChI is InChI=1S/C23H32N6O4/c1-23(2,3)33-22(32)24-14-15-7-10-28(11-8-15)16-5-6-17-18(13-16)27(4)26-20(17)29-12-9-19(30)25-21(29)31/h5-6,13,15H,7-12,14H2,1-4H3,(H,24,32)(H,25,30,31). The van der Waals surface area contributed by atoms with Gasteiger partial charge in [-0.05, 0) is 57.7 Å². The van der Waals surface area contributed by atoms with Gasteiger partial charge in [0.25, 0.3) is 0 Å². The number of fused-ring (bicyclic) bond motifs is 1. The fourth-order valence-electron chi connectivity index (χ4n) is 4.33. The molecule has 4 rings (SSSR count). The zero-order valence-corrected chi connectivity index (χ0v) is 19.7. The predicted molar refractivity (Wildman–Crippen MR) is 125 cm³/mol. The minimum atomic E-state index is -0.493. The summed E-state index contributed by atoms with van der Waals surface area (Å²) in [5, 5.41) is 10.7. The molecule has 0 spiro atoms. The first-order valence-electron chi connectivity index (χ1n) is 11.4. The van der Waals surface area contributed by atoms with E-state index in [1.165, 1.54) is 4.90 Å². The highest BCUT2D eigenvalue weighted by Gasteiger charge is 2.28. The Bertz CT molecular complexity index is 1060. The third kappa shape index (κ3) is 5.20. The van der Waals surface area contributed by atoms with Crippen LogP contribution in [0.4, 0.5) is 21.1 Å². The van der Waals surface area contributed by atoms with Gasteiger partial charge in [0, 0.05) is 50.7 Å². The summed E-state index contributed by atoms with van der Waals surface area (Å²) in [6, 6.07) is 5.71. The Morgan fingerprint density at radius 3 is 2.61 bits per heavy atom. The number of hydrogen-bond donors (Lipinski definition) is 2. The number of carbonyl (C=O) groups is 3. The summed E-state index contributed by atoms with van der Waals surface area (Å²) >= 11 is 0. The van der Waals surface area contributed by atoms with Crippen LogP contribution >= 0.6 is 0 Å². The molecular formula is C23H32N6O4. The van der Waals surface area contributed by atoms with Crippen molar-refractivity contribution < 1.29 is 19.1 Å². The number of piperidine rings is 1. The van der Waals surface area contributed by atoms with E-state index in [1.54, 1.807) is 4.68 Å². The molecule has 0 bridgehead atoms. The van der Waals surface area contributed by atoms with E-state index in [1.807, 2.05) is 33.9 Å². The van der Waals surface area contributed by atoms with Gasteiger partial charge in [0.2, 0.25) is 5.91 Å². The SMILES string of the molecule is Cn1nc(N2CCC(=O)NC2=O)c2ccc(N3CCC(CNC(=O)OC(C)(C)C)CC3)cc21. The van der Waals surface area contributed by atoms with Crippen LogP contribution in [0.2, 0.25) is 0 Å². The Hall–Kier alpha value is -3.30. The van der Waals surface area contributed by atoms with Crippen molar-refractivity contribution in [1.82, 2.24) is 20.4 Å². The summed E-state index contributed by atoms with van der Waals surface area (Å²) in [6.45, 7) is 8.30. The lowest BCUT2D eigenvalue weighted by atomic mass is 9.96. The lowest BCUT2D eigenvalue weighted by Crippen LogP contribution is -2.49. The maximum Gasteiger partial charge on any atom is 0.407 e. The molecule has 10 heteroatoms. The van der Waals surface area contributed by atoms with Crippen LogP contribution in [0.3, 0.4) is 0 Å². The second-order valence-electron chi connectivity index (χ2n) is 9.72. The van der Waals surface area contributed by atoms with E-state index in [0.717, 1.165) is 42.5 Å². The summed E-state index contributed by atoms with van der Waals surface area (Å²) in [5.41, 5.74) is 1.54. The molecule has 1 aromatic carbocycles. The molecule has 0 radical (unpaired) electrons. The third-order valence-corrected chi connectivity index (χ3v) is 6.04. The van der Waals surface area contributed by atoms with Crippen LogP contribution < -0.4 is 20.4 Å². The van der Waals surface area contributed by atoms with Crippen LogP contribution in [-0.2, 0) is 16.6 Å². The van der Waals surface area contributed by atoms with E-state index in [2.05, 4.69) is 32.8 Å². The zero-order chi connectivity index (χ0) is 23.8. The molecule has 0 aliphatic carbocycles. The molecule has 0 saturated carbocycles. The van der Waals surface area contributed by atoms with Crippen molar-refractivity contribution in [2.24, 2.45) is 13.0 Å². The van der Waals surface area contributed by atoms with Crippen LogP contribution in [0.5, 0.6) is 0 Å². The summed E-state index contributed by atoms with van der Waals surface area (Å²) < 4.78 is 7.09. The Morgan fingerprint density at radius 2 is 1.94 bits per heavy atom. The van der Waals surface area contributed by atoms with Crippen LogP contribution in [-0.4, -0.2) is 59.6 Å². The average Bonchev–Trinajstić information content (AvgIpc) is 3.07. The van der Waals surface area contributed by atoms with E-state index in [9.17, 15) is 14.4 Å². The van der Waals surface area contributed by atoms with Crippen molar-refractivity contribution in [3.05, 3.63) is 18.2 Å². The number of rotatable bonds is 4. The minimum absolute atomic E-state index is 0.261. The van der Waals surface area contributed by atoms with Gasteiger partial charge in [-0.2, -0.15) is 5.10 Å². The number of aryl methyl sites for hydroxylation is 1. The monoisotopic (exact) mass is 456 g/mol. The highest BCUT2D eigenvalue weighted by atomic mass is 16.6. The lowest BCUT2D eigenvalue weighted by Gasteiger charge is -2.34. The van der Waals surface area contributed by atoms with Crippen molar-refractivity contribution in [3.8, 4) is 0 Å². The Kier molecular flexibility index (Phi) is 6.18. The number of alkyl carbamates (subject to hydrolysis) is 1. The Morgan fingerprint density at radius 1 is 1.21 bits per heavy atom. The lowest BCUT2D eigenvalue weighted by molar-refractivity contribution is -0.120. The quantitative estimate of drug-likeness (QED) is 0.732. The van der Waals surface area contributed by atoms with Crippen LogP contribution in [0.25, 0.3) is 10.9 Å². The second-order valence-corrected chi connectivity index (χ2v) is 9.72. The van der Waals surface area contributed by atoms with Gasteiger partial charge in [-0.25, -0.2) is 9.59 Å². The number of aromatic nitrogens is 2. The molecule has 2 aromatic rings. The van der Waals surface area contributed by atoms with E-state index < -0.39 is 11.6 Å². The fourth-order valence-corrected chi connectivity index (χ4v) is 4.33. The number of nitrogens with one attached hydrogen (secondary N) is 2. The molecule has 10 nitrogen and oxygen atoms in total. The first-order valence-corrected chi connectivity index (χ1v) is 11.4. The summed E-state index contributed by atoms with van der Waals surface area (Å²) in [6.07, 6.45) is 1.85. The number of imide groups is 1. The number of amides is 4. The normalized spacial score (nSPS) is 17.9. The molecule has 1 aromatic heterocycles. The average molecular weight is 457 g/mol. The molecule has 2 N–H and O–H groups in total. The van der Waals surface area contributed by atoms with Crippen molar-refractivity contribution in [3.63, 3.8) is 0 Å². The van der Waals surface area contributed by atoms with Crippen LogP contribution in [0, 0.1) is 5.92 Å². The third-order valence-electron chi connectivity index (χ3n) is 6.04. The van der Waals surface area contributed by atoms with E-state index in [0.29, 0.717) is 24.8 Å². The maximum atomic E-state index is 12.3. The van der Waals surface area contributed by atoms with E-state index >= 15 is 0 Å². The van der Waals surface area contributed by atoms with E-state index in [4.69, 9.17) is 4.74 Å². The maximum absolute atomic E-state index is 12.3. The van der Waals surface area contributed by atoms with Crippen LogP contribution in [0.1, 0.15) is 40.0 Å². The number of anilines is 2. The predicted octanol–water partition coefficient (Wildman–Crippen LogP) is 2.76. The molecule has 0 atom stereocenters. The van der Waals surface area contributed by atoms with Gasteiger partial charge in [0.1, 0.15) is 5.60 Å². The first kappa shape index (κ1) is 22.9. The molecule has 4 amide bonds. The van der Waals surface area contributed by atoms with E-state index in [-0.39, 0.29) is 18.4 Å². The highest BCUT2D eigenvalue weighted by molar-refractivity contribution is 6.09. The number of urea groups is 1. The van der Waals surface area contributed by atoms with Gasteiger partial charge < -0.3 is 15.0 Å². The van der Waals surface area contributed by atoms with Gasteiger partial charge in [0.15, 0.2) is 5.82 Å². The molecule has 2 fully saturated rings. The zero-order valence-electron chi connectivity index (χ0n) is 19.7. The smallest absolute Gasteiger partial charge is 0.407 e. The Labute approximate surface area is 193 Å². The van der Waals surface area contributed by atoms with Gasteiger partial charge in [-0.1, -0.05) is 0 Å². The fraction of sp³-hybridized carbons (Fsp3) is 0.565. The summed E-state index contributed by atoms with van der Waals surface area (Å²) in [4.78, 5) is 39.5. The van der Waals surface area contributed by atoms with Crippen molar-refractivity contribution in [2.45, 2.75) is 45.6 Å². The number of benzene rings is 1. The summed E-state index contributed by atoms with van der Waals surface area (Å²) in [5.74, 6) is 0.723. The van der Waals surface area contributed by atoms with Gasteiger partial charge in [-0.15, -0.1) is 0 Å². The highest BCUT2D eigenvalue weighted by Crippen LogP contribution is 2.31. The number of nitrogens with zero attached hydrogens (tertiary/aromatic N) is 4. The topological polar surface area (TPSA) is 109 Å². The van der Waals surface area contributed by atoms with Gasteiger partial charge in [-0.3, -0.25) is 19.7 Å². The number of carbonyl (C=O) groups excluding carboxylic acids is 3.